The van der Waals surface area contributed by atoms with Gasteiger partial charge < -0.3 is 14.8 Å². The maximum atomic E-state index is 14.0. The lowest BCUT2D eigenvalue weighted by Gasteiger charge is -2.37. The highest BCUT2D eigenvalue weighted by Gasteiger charge is 2.26. The number of hydrogen-bond acceptors (Lipinski definition) is 4. The lowest BCUT2D eigenvalue weighted by atomic mass is 9.90. The van der Waals surface area contributed by atoms with Gasteiger partial charge in [0.05, 0.1) is 13.2 Å². The maximum Gasteiger partial charge on any atom is 0.138 e. The van der Waals surface area contributed by atoms with Gasteiger partial charge in [0, 0.05) is 42.0 Å². The van der Waals surface area contributed by atoms with Crippen molar-refractivity contribution >= 4 is 16.6 Å². The van der Waals surface area contributed by atoms with E-state index >= 15 is 0 Å². The summed E-state index contributed by atoms with van der Waals surface area (Å²) in [6, 6.07) is 9.20. The number of fused-ring (bicyclic) bond motifs is 1. The second kappa shape index (κ2) is 8.44. The van der Waals surface area contributed by atoms with Crippen molar-refractivity contribution in [1.29, 1.82) is 0 Å². The fraction of sp³-hybridized carbons (Fsp3) is 0.400. The van der Waals surface area contributed by atoms with Gasteiger partial charge >= 0.3 is 0 Å². The van der Waals surface area contributed by atoms with E-state index in [0.717, 1.165) is 73.0 Å². The topological polar surface area (TPSA) is 61.4 Å². The molecule has 0 saturated heterocycles. The van der Waals surface area contributed by atoms with Crippen LogP contribution < -0.4 is 4.74 Å². The van der Waals surface area contributed by atoms with Crippen LogP contribution in [0, 0.1) is 5.82 Å². The van der Waals surface area contributed by atoms with E-state index in [1.807, 2.05) is 6.07 Å². The maximum absolute atomic E-state index is 14.0. The van der Waals surface area contributed by atoms with Crippen LogP contribution in [0.25, 0.3) is 27.7 Å². The van der Waals surface area contributed by atoms with Crippen LogP contribution in [0.3, 0.4) is 0 Å². The number of halogens is 1. The molecule has 2 aliphatic rings. The van der Waals surface area contributed by atoms with E-state index in [1.165, 1.54) is 17.7 Å². The first-order chi connectivity index (χ1) is 15.1. The van der Waals surface area contributed by atoms with Crippen LogP contribution in [0.5, 0.6) is 5.75 Å². The van der Waals surface area contributed by atoms with E-state index in [0.29, 0.717) is 11.8 Å². The Morgan fingerprint density at radius 3 is 2.71 bits per heavy atom. The Labute approximate surface area is 181 Å². The molecular weight excluding hydrogens is 393 g/mol. The van der Waals surface area contributed by atoms with Crippen molar-refractivity contribution in [1.82, 2.24) is 14.9 Å². The van der Waals surface area contributed by atoms with E-state index in [-0.39, 0.29) is 11.9 Å². The van der Waals surface area contributed by atoms with Gasteiger partial charge in [-0.05, 0) is 73.6 Å². The molecule has 1 aliphatic carbocycles. The summed E-state index contributed by atoms with van der Waals surface area (Å²) in [5.41, 5.74) is 4.79. The number of aromatic nitrogens is 2. The standard InChI is InChI=1S/C25H28FN3O2/c1-31-24-7-2-17(26)14-21(24)20-8-11-27-25-22(20)15-23(28-25)16-9-12-29(13-10-16)18-3-5-19(30)6-4-18/h2,7-9,11,14-15,18-19,30H,3-6,10,12-13H2,1H3,(H,27,28). The highest BCUT2D eigenvalue weighted by atomic mass is 19.1. The van der Waals surface area contributed by atoms with Gasteiger partial charge in [0.15, 0.2) is 0 Å². The smallest absolute Gasteiger partial charge is 0.138 e. The number of methoxy groups -OCH3 is 1. The first-order valence-electron chi connectivity index (χ1n) is 11.1. The van der Waals surface area contributed by atoms with Crippen molar-refractivity contribution < 1.29 is 14.2 Å². The third kappa shape index (κ3) is 3.98. The molecule has 0 atom stereocenters. The van der Waals surface area contributed by atoms with Crippen LogP contribution >= 0.6 is 0 Å². The van der Waals surface area contributed by atoms with E-state index in [1.54, 1.807) is 19.4 Å². The molecule has 1 aliphatic heterocycles. The number of ether oxygens (including phenoxy) is 1. The summed E-state index contributed by atoms with van der Waals surface area (Å²) in [4.78, 5) is 10.5. The molecule has 2 aromatic heterocycles. The number of benzene rings is 1. The van der Waals surface area contributed by atoms with Crippen molar-refractivity contribution in [3.05, 3.63) is 54.1 Å². The van der Waals surface area contributed by atoms with Gasteiger partial charge in [-0.3, -0.25) is 4.90 Å². The zero-order valence-corrected chi connectivity index (χ0v) is 17.8. The van der Waals surface area contributed by atoms with Crippen LogP contribution in [0.4, 0.5) is 4.39 Å². The van der Waals surface area contributed by atoms with Gasteiger partial charge in [0.1, 0.15) is 17.2 Å². The molecule has 0 unspecified atom stereocenters. The Kier molecular flexibility index (Phi) is 5.50. The average Bonchev–Trinajstić information content (AvgIpc) is 3.24. The molecule has 2 N–H and O–H groups in total. The molecule has 5 nitrogen and oxygen atoms in total. The first kappa shape index (κ1) is 20.2. The van der Waals surface area contributed by atoms with E-state index < -0.39 is 0 Å². The molecule has 31 heavy (non-hydrogen) atoms. The molecule has 0 radical (unpaired) electrons. The minimum atomic E-state index is -0.290. The molecule has 162 valence electrons. The molecule has 1 fully saturated rings. The average molecular weight is 422 g/mol. The quantitative estimate of drug-likeness (QED) is 0.637. The number of nitrogens with one attached hydrogen (secondary N) is 1. The molecule has 3 heterocycles. The number of aliphatic hydroxyl groups is 1. The first-order valence-corrected chi connectivity index (χ1v) is 11.1. The zero-order valence-electron chi connectivity index (χ0n) is 17.8. The van der Waals surface area contributed by atoms with Crippen molar-refractivity contribution in [3.8, 4) is 16.9 Å². The highest BCUT2D eigenvalue weighted by molar-refractivity contribution is 5.96. The van der Waals surface area contributed by atoms with E-state index in [2.05, 4.69) is 27.0 Å². The largest absolute Gasteiger partial charge is 0.496 e. The number of nitrogens with zero attached hydrogens (tertiary/aromatic N) is 2. The summed E-state index contributed by atoms with van der Waals surface area (Å²) in [5.74, 6) is 0.351. The van der Waals surface area contributed by atoms with Gasteiger partial charge in [-0.1, -0.05) is 6.08 Å². The van der Waals surface area contributed by atoms with Crippen molar-refractivity contribution in [2.45, 2.75) is 44.2 Å². The number of H-pyrrole nitrogens is 1. The van der Waals surface area contributed by atoms with Crippen LogP contribution in [-0.2, 0) is 0 Å². The fourth-order valence-corrected chi connectivity index (χ4v) is 5.01. The Morgan fingerprint density at radius 1 is 1.13 bits per heavy atom. The Morgan fingerprint density at radius 2 is 1.97 bits per heavy atom. The fourth-order valence-electron chi connectivity index (χ4n) is 5.01. The van der Waals surface area contributed by atoms with Gasteiger partial charge in [-0.15, -0.1) is 0 Å². The zero-order chi connectivity index (χ0) is 21.4. The molecule has 5 rings (SSSR count). The van der Waals surface area contributed by atoms with Crippen LogP contribution in [0.15, 0.2) is 42.6 Å². The Bertz CT molecular complexity index is 1120. The van der Waals surface area contributed by atoms with Crippen molar-refractivity contribution in [2.24, 2.45) is 0 Å². The summed E-state index contributed by atoms with van der Waals surface area (Å²) < 4.78 is 19.4. The van der Waals surface area contributed by atoms with Gasteiger partial charge in [-0.25, -0.2) is 9.37 Å². The molecular formula is C25H28FN3O2. The molecule has 3 aromatic rings. The van der Waals surface area contributed by atoms with Crippen LogP contribution in [0.2, 0.25) is 0 Å². The van der Waals surface area contributed by atoms with Crippen molar-refractivity contribution in [3.63, 3.8) is 0 Å². The molecule has 0 bridgehead atoms. The summed E-state index contributed by atoms with van der Waals surface area (Å²) in [7, 11) is 1.60. The summed E-state index contributed by atoms with van der Waals surface area (Å²) in [6.45, 7) is 1.96. The molecule has 1 aromatic carbocycles. The predicted octanol–water partition coefficient (Wildman–Crippen LogP) is 4.77. The van der Waals surface area contributed by atoms with Gasteiger partial charge in [0.25, 0.3) is 0 Å². The predicted molar refractivity (Wildman–Crippen MR) is 120 cm³/mol. The lowest BCUT2D eigenvalue weighted by Crippen LogP contribution is -2.41. The molecule has 0 spiro atoms. The van der Waals surface area contributed by atoms with E-state index in [9.17, 15) is 9.50 Å². The normalized spacial score (nSPS) is 22.5. The lowest BCUT2D eigenvalue weighted by molar-refractivity contribution is 0.0783. The SMILES string of the molecule is COc1ccc(F)cc1-c1ccnc2[nH]c(C3=CCN(C4CCC(O)CC4)CC3)cc12. The minimum Gasteiger partial charge on any atom is -0.496 e. The summed E-state index contributed by atoms with van der Waals surface area (Å²) in [6.07, 6.45) is 8.91. The second-order valence-corrected chi connectivity index (χ2v) is 8.59. The number of pyridine rings is 1. The number of aromatic amines is 1. The molecule has 6 heteroatoms. The monoisotopic (exact) mass is 421 g/mol. The molecule has 0 amide bonds. The Hall–Kier alpha value is -2.70. The van der Waals surface area contributed by atoms with Crippen LogP contribution in [0.1, 0.15) is 37.8 Å². The Balaban J connectivity index is 1.43. The highest BCUT2D eigenvalue weighted by Crippen LogP contribution is 2.37. The van der Waals surface area contributed by atoms with E-state index in [4.69, 9.17) is 4.74 Å². The number of aliphatic hydroxyl groups excluding tert-OH is 1. The van der Waals surface area contributed by atoms with Gasteiger partial charge in [0.2, 0.25) is 0 Å². The number of rotatable bonds is 4. The third-order valence-electron chi connectivity index (χ3n) is 6.75. The van der Waals surface area contributed by atoms with Crippen molar-refractivity contribution in [2.75, 3.05) is 20.2 Å². The molecule has 1 saturated carbocycles. The minimum absolute atomic E-state index is 0.114. The van der Waals surface area contributed by atoms with Gasteiger partial charge in [-0.2, -0.15) is 0 Å². The van der Waals surface area contributed by atoms with Crippen LogP contribution in [-0.4, -0.2) is 52.3 Å². The second-order valence-electron chi connectivity index (χ2n) is 8.59. The summed E-state index contributed by atoms with van der Waals surface area (Å²) >= 11 is 0. The number of hydrogen-bond donors (Lipinski definition) is 2. The summed E-state index contributed by atoms with van der Waals surface area (Å²) in [5, 5.41) is 10.7. The third-order valence-corrected chi connectivity index (χ3v) is 6.75.